The van der Waals surface area contributed by atoms with Crippen LogP contribution in [0, 0.1) is 12.8 Å². The molecule has 0 aromatic heterocycles. The molecule has 0 spiro atoms. The minimum atomic E-state index is -0.0835. The molecule has 0 bridgehead atoms. The van der Waals surface area contributed by atoms with Gasteiger partial charge in [0.25, 0.3) is 0 Å². The fraction of sp³-hybridized carbons (Fsp3) is 0.538. The summed E-state index contributed by atoms with van der Waals surface area (Å²) in [5.41, 5.74) is 1.99. The minimum Gasteiger partial charge on any atom is -0.496 e. The number of hydrogen-bond donors (Lipinski definition) is 2. The molecule has 0 aliphatic carbocycles. The Labute approximate surface area is 107 Å². The van der Waals surface area contributed by atoms with E-state index in [2.05, 4.69) is 0 Å². The van der Waals surface area contributed by atoms with Gasteiger partial charge in [-0.3, -0.25) is 0 Å². The van der Waals surface area contributed by atoms with Gasteiger partial charge in [0, 0.05) is 24.2 Å². The monoisotopic (exact) mass is 258 g/mol. The van der Waals surface area contributed by atoms with Crippen molar-refractivity contribution in [1.29, 1.82) is 0 Å². The molecule has 17 heavy (non-hydrogen) atoms. The zero-order chi connectivity index (χ0) is 12.8. The Morgan fingerprint density at radius 1 is 1.29 bits per heavy atom. The zero-order valence-electron chi connectivity index (χ0n) is 10.2. The molecule has 3 nitrogen and oxygen atoms in total. The number of methoxy groups -OCH3 is 1. The number of hydrogen-bond acceptors (Lipinski definition) is 3. The van der Waals surface area contributed by atoms with E-state index in [1.54, 1.807) is 7.11 Å². The molecule has 0 aliphatic heterocycles. The van der Waals surface area contributed by atoms with Crippen LogP contribution in [0.25, 0.3) is 0 Å². The third-order valence-corrected chi connectivity index (χ3v) is 3.31. The maximum absolute atomic E-state index is 9.01. The van der Waals surface area contributed by atoms with Crippen molar-refractivity contribution in [2.24, 2.45) is 5.92 Å². The fourth-order valence-corrected chi connectivity index (χ4v) is 1.87. The average molecular weight is 259 g/mol. The van der Waals surface area contributed by atoms with Crippen LogP contribution in [0.15, 0.2) is 12.1 Å². The molecule has 1 aromatic carbocycles. The first-order chi connectivity index (χ1) is 8.12. The van der Waals surface area contributed by atoms with Crippen LogP contribution in [0.4, 0.5) is 0 Å². The van der Waals surface area contributed by atoms with Gasteiger partial charge in [0.15, 0.2) is 0 Å². The lowest BCUT2D eigenvalue weighted by Crippen LogP contribution is -2.12. The van der Waals surface area contributed by atoms with Gasteiger partial charge in [-0.25, -0.2) is 0 Å². The van der Waals surface area contributed by atoms with Crippen molar-refractivity contribution in [2.75, 3.05) is 20.3 Å². The van der Waals surface area contributed by atoms with E-state index in [4.69, 9.17) is 26.6 Å². The number of rotatable bonds is 6. The van der Waals surface area contributed by atoms with Crippen LogP contribution in [-0.4, -0.2) is 30.5 Å². The van der Waals surface area contributed by atoms with Gasteiger partial charge in [-0.1, -0.05) is 11.6 Å². The SMILES string of the molecule is COc1cc(C)c(Cl)cc1CCC(CO)CO. The fourth-order valence-electron chi connectivity index (χ4n) is 1.68. The summed E-state index contributed by atoms with van der Waals surface area (Å²) in [4.78, 5) is 0. The summed E-state index contributed by atoms with van der Waals surface area (Å²) in [6, 6.07) is 3.80. The Bertz CT molecular complexity index is 362. The van der Waals surface area contributed by atoms with Gasteiger partial charge < -0.3 is 14.9 Å². The third-order valence-electron chi connectivity index (χ3n) is 2.90. The van der Waals surface area contributed by atoms with E-state index in [1.807, 2.05) is 19.1 Å². The highest BCUT2D eigenvalue weighted by atomic mass is 35.5. The van der Waals surface area contributed by atoms with Gasteiger partial charge in [0.05, 0.1) is 7.11 Å². The Kier molecular flexibility index (Phi) is 5.75. The molecular formula is C13H19ClO3. The molecule has 0 atom stereocenters. The molecule has 2 N–H and O–H groups in total. The molecule has 0 unspecified atom stereocenters. The van der Waals surface area contributed by atoms with Crippen LogP contribution in [-0.2, 0) is 6.42 Å². The van der Waals surface area contributed by atoms with Gasteiger partial charge in [0.1, 0.15) is 5.75 Å². The quantitative estimate of drug-likeness (QED) is 0.822. The summed E-state index contributed by atoms with van der Waals surface area (Å²) >= 11 is 6.07. The second-order valence-corrected chi connectivity index (χ2v) is 4.59. The first-order valence-electron chi connectivity index (χ1n) is 5.67. The summed E-state index contributed by atoms with van der Waals surface area (Å²) in [5.74, 6) is 0.723. The van der Waals surface area contributed by atoms with Crippen molar-refractivity contribution in [3.8, 4) is 5.75 Å². The van der Waals surface area contributed by atoms with Crippen LogP contribution in [0.3, 0.4) is 0 Å². The lowest BCUT2D eigenvalue weighted by atomic mass is 9.99. The summed E-state index contributed by atoms with van der Waals surface area (Å²) in [6.07, 6.45) is 1.44. The van der Waals surface area contributed by atoms with Crippen molar-refractivity contribution < 1.29 is 14.9 Å². The van der Waals surface area contributed by atoms with E-state index >= 15 is 0 Å². The largest absolute Gasteiger partial charge is 0.496 e. The number of ether oxygens (including phenoxy) is 1. The summed E-state index contributed by atoms with van der Waals surface area (Å²) in [6.45, 7) is 1.93. The minimum absolute atomic E-state index is 0.00158. The number of benzene rings is 1. The first-order valence-corrected chi connectivity index (χ1v) is 6.04. The van der Waals surface area contributed by atoms with Crippen molar-refractivity contribution in [2.45, 2.75) is 19.8 Å². The predicted molar refractivity (Wildman–Crippen MR) is 68.7 cm³/mol. The van der Waals surface area contributed by atoms with Crippen molar-refractivity contribution in [3.05, 3.63) is 28.3 Å². The lowest BCUT2D eigenvalue weighted by Gasteiger charge is -2.14. The average Bonchev–Trinajstić information content (AvgIpc) is 2.34. The molecule has 0 radical (unpaired) electrons. The van der Waals surface area contributed by atoms with E-state index in [1.165, 1.54) is 0 Å². The van der Waals surface area contributed by atoms with Crippen molar-refractivity contribution >= 4 is 11.6 Å². The first kappa shape index (κ1) is 14.3. The summed E-state index contributed by atoms with van der Waals surface area (Å²) in [7, 11) is 1.63. The molecule has 0 fully saturated rings. The Hall–Kier alpha value is -0.770. The molecular weight excluding hydrogens is 240 g/mol. The highest BCUT2D eigenvalue weighted by Gasteiger charge is 2.10. The standard InChI is InChI=1S/C13H19ClO3/c1-9-5-13(17-2)11(6-12(9)14)4-3-10(7-15)8-16/h5-6,10,15-16H,3-4,7-8H2,1-2H3. The molecule has 0 heterocycles. The number of aryl methyl sites for hydroxylation is 2. The lowest BCUT2D eigenvalue weighted by molar-refractivity contribution is 0.144. The molecule has 0 amide bonds. The van der Waals surface area contributed by atoms with Gasteiger partial charge >= 0.3 is 0 Å². The normalized spacial score (nSPS) is 10.9. The second kappa shape index (κ2) is 6.84. The second-order valence-electron chi connectivity index (χ2n) is 4.18. The maximum atomic E-state index is 9.01. The number of aliphatic hydroxyl groups is 2. The predicted octanol–water partition coefficient (Wildman–Crippen LogP) is 2.19. The molecule has 1 rings (SSSR count). The maximum Gasteiger partial charge on any atom is 0.122 e. The van der Waals surface area contributed by atoms with Gasteiger partial charge in [0.2, 0.25) is 0 Å². The summed E-state index contributed by atoms with van der Waals surface area (Å²) in [5, 5.41) is 18.7. The van der Waals surface area contributed by atoms with Gasteiger partial charge in [-0.15, -0.1) is 0 Å². The smallest absolute Gasteiger partial charge is 0.122 e. The van der Waals surface area contributed by atoms with Gasteiger partial charge in [-0.2, -0.15) is 0 Å². The van der Waals surface area contributed by atoms with E-state index < -0.39 is 0 Å². The van der Waals surface area contributed by atoms with E-state index in [0.717, 1.165) is 23.3 Å². The molecule has 0 saturated heterocycles. The highest BCUT2D eigenvalue weighted by molar-refractivity contribution is 6.31. The van der Waals surface area contributed by atoms with E-state index in [-0.39, 0.29) is 19.1 Å². The van der Waals surface area contributed by atoms with Crippen LogP contribution >= 0.6 is 11.6 Å². The molecule has 0 saturated carbocycles. The third kappa shape index (κ3) is 3.87. The topological polar surface area (TPSA) is 49.7 Å². The number of aliphatic hydroxyl groups excluding tert-OH is 2. The Morgan fingerprint density at radius 3 is 2.47 bits per heavy atom. The molecule has 0 aliphatic rings. The van der Waals surface area contributed by atoms with E-state index in [9.17, 15) is 0 Å². The van der Waals surface area contributed by atoms with Gasteiger partial charge in [-0.05, 0) is 43.0 Å². The zero-order valence-corrected chi connectivity index (χ0v) is 11.0. The highest BCUT2D eigenvalue weighted by Crippen LogP contribution is 2.28. The van der Waals surface area contributed by atoms with E-state index in [0.29, 0.717) is 11.4 Å². The molecule has 1 aromatic rings. The Balaban J connectivity index is 2.79. The van der Waals surface area contributed by atoms with Crippen LogP contribution in [0.5, 0.6) is 5.75 Å². The molecule has 96 valence electrons. The van der Waals surface area contributed by atoms with Crippen molar-refractivity contribution in [3.63, 3.8) is 0 Å². The van der Waals surface area contributed by atoms with Crippen molar-refractivity contribution in [1.82, 2.24) is 0 Å². The number of halogens is 1. The van der Waals surface area contributed by atoms with Crippen LogP contribution in [0.1, 0.15) is 17.5 Å². The van der Waals surface area contributed by atoms with Crippen LogP contribution in [0.2, 0.25) is 5.02 Å². The Morgan fingerprint density at radius 2 is 1.94 bits per heavy atom. The molecule has 4 heteroatoms. The van der Waals surface area contributed by atoms with Crippen LogP contribution < -0.4 is 4.74 Å². The summed E-state index contributed by atoms with van der Waals surface area (Å²) < 4.78 is 5.30.